The molecule has 12 heteroatoms. The van der Waals surface area contributed by atoms with E-state index in [-0.39, 0.29) is 30.2 Å². The molecule has 0 aliphatic heterocycles. The molecular formula is C32H39N7O4S. The van der Waals surface area contributed by atoms with Crippen molar-refractivity contribution in [1.29, 1.82) is 0 Å². The van der Waals surface area contributed by atoms with Crippen molar-refractivity contribution in [2.24, 2.45) is 0 Å². The van der Waals surface area contributed by atoms with Crippen LogP contribution >= 0.6 is 11.3 Å². The molecule has 5 N–H and O–H groups in total. The predicted octanol–water partition coefficient (Wildman–Crippen LogP) is 4.64. The zero-order chi connectivity index (χ0) is 30.9. The molecule has 0 fully saturated rings. The van der Waals surface area contributed by atoms with E-state index in [0.29, 0.717) is 34.9 Å². The number of nitrogen functional groups attached to an aromatic ring is 1. The van der Waals surface area contributed by atoms with Gasteiger partial charge >= 0.3 is 0 Å². The fourth-order valence-electron chi connectivity index (χ4n) is 5.23. The van der Waals surface area contributed by atoms with Crippen molar-refractivity contribution in [2.75, 3.05) is 56.9 Å². The molecule has 0 unspecified atom stereocenters. The molecule has 2 aromatic heterocycles. The molecule has 2 aromatic carbocycles. The summed E-state index contributed by atoms with van der Waals surface area (Å²) in [6.07, 6.45) is 4.35. The summed E-state index contributed by atoms with van der Waals surface area (Å²) in [4.78, 5) is 30.6. The van der Waals surface area contributed by atoms with Gasteiger partial charge in [0.15, 0.2) is 5.82 Å². The standard InChI is InChI=1S/C32H39N7O4S/c1-42-16-14-39(15-17-43-2)19-21-10-12-23(13-11-21)34-32-37-29(36-31(33)38-32)24-7-5-8-26(25(24)20-40)35-30(41)28-18-22-6-3-4-9-27(22)44-28/h5,7-8,10-13,18,40H,3-4,6,9,14-17,19-20H2,1-2H3,(H,35,41)(H3,33,34,36,37,38). The Bertz CT molecular complexity index is 1530. The Balaban J connectivity index is 1.31. The van der Waals surface area contributed by atoms with Gasteiger partial charge in [0.05, 0.1) is 24.7 Å². The first-order valence-corrected chi connectivity index (χ1v) is 15.5. The normalized spacial score (nSPS) is 12.7. The number of carbonyl (C=O) groups excluding carboxylic acids is 1. The van der Waals surface area contributed by atoms with Crippen LogP contribution in [0.25, 0.3) is 11.4 Å². The Morgan fingerprint density at radius 2 is 1.77 bits per heavy atom. The quantitative estimate of drug-likeness (QED) is 0.158. The van der Waals surface area contributed by atoms with Gasteiger partial charge in [-0.05, 0) is 61.1 Å². The van der Waals surface area contributed by atoms with Crippen LogP contribution in [-0.4, -0.2) is 71.4 Å². The molecule has 0 atom stereocenters. The number of carbonyl (C=O) groups is 1. The molecule has 0 spiro atoms. The number of fused-ring (bicyclic) bond motifs is 1. The van der Waals surface area contributed by atoms with Crippen LogP contribution in [0.4, 0.5) is 23.3 Å². The van der Waals surface area contributed by atoms with Crippen LogP contribution in [0.1, 0.15) is 44.1 Å². The van der Waals surface area contributed by atoms with Crippen molar-refractivity contribution in [3.8, 4) is 11.4 Å². The van der Waals surface area contributed by atoms with Gasteiger partial charge in [-0.3, -0.25) is 9.69 Å². The summed E-state index contributed by atoms with van der Waals surface area (Å²) in [6, 6.07) is 15.3. The lowest BCUT2D eigenvalue weighted by atomic mass is 9.99. The van der Waals surface area contributed by atoms with Crippen molar-refractivity contribution in [2.45, 2.75) is 38.8 Å². The molecule has 0 saturated carbocycles. The fraction of sp³-hybridized carbons (Fsp3) is 0.375. The minimum Gasteiger partial charge on any atom is -0.392 e. The first kappa shape index (κ1) is 31.5. The van der Waals surface area contributed by atoms with E-state index in [9.17, 15) is 9.90 Å². The zero-order valence-electron chi connectivity index (χ0n) is 25.1. The number of hydrogen-bond donors (Lipinski definition) is 4. The monoisotopic (exact) mass is 617 g/mol. The number of aliphatic hydroxyl groups excluding tert-OH is 1. The molecule has 1 amide bonds. The van der Waals surface area contributed by atoms with Crippen LogP contribution in [0.2, 0.25) is 0 Å². The molecule has 0 bridgehead atoms. The number of aryl methyl sites for hydroxylation is 2. The molecule has 11 nitrogen and oxygen atoms in total. The molecule has 0 saturated heterocycles. The SMILES string of the molecule is COCCN(CCOC)Cc1ccc(Nc2nc(N)nc(-c3cccc(NC(=O)c4cc5c(s4)CCCC5)c3CO)n2)cc1. The van der Waals surface area contributed by atoms with Gasteiger partial charge < -0.3 is 30.9 Å². The highest BCUT2D eigenvalue weighted by atomic mass is 32.1. The summed E-state index contributed by atoms with van der Waals surface area (Å²) in [5, 5.41) is 16.5. The van der Waals surface area contributed by atoms with Crippen LogP contribution in [0.3, 0.4) is 0 Å². The number of benzene rings is 2. The molecule has 4 aromatic rings. The van der Waals surface area contributed by atoms with E-state index in [2.05, 4.69) is 30.5 Å². The number of ether oxygens (including phenoxy) is 2. The Morgan fingerprint density at radius 3 is 2.48 bits per heavy atom. The third-order valence-electron chi connectivity index (χ3n) is 7.54. The molecule has 232 valence electrons. The third kappa shape index (κ3) is 7.96. The van der Waals surface area contributed by atoms with Crippen molar-refractivity contribution in [3.63, 3.8) is 0 Å². The average molecular weight is 618 g/mol. The maximum Gasteiger partial charge on any atom is 0.265 e. The Morgan fingerprint density at radius 1 is 1.02 bits per heavy atom. The maximum absolute atomic E-state index is 13.2. The van der Waals surface area contributed by atoms with E-state index in [0.717, 1.165) is 56.6 Å². The lowest BCUT2D eigenvalue weighted by molar-refractivity contribution is 0.103. The van der Waals surface area contributed by atoms with Crippen LogP contribution in [0.15, 0.2) is 48.5 Å². The van der Waals surface area contributed by atoms with Gasteiger partial charge in [-0.1, -0.05) is 24.3 Å². The third-order valence-corrected chi connectivity index (χ3v) is 8.77. The summed E-state index contributed by atoms with van der Waals surface area (Å²) >= 11 is 1.55. The van der Waals surface area contributed by atoms with E-state index in [4.69, 9.17) is 15.2 Å². The number of amides is 1. The summed E-state index contributed by atoms with van der Waals surface area (Å²) in [6.45, 7) is 3.36. The number of anilines is 4. The number of thiophene rings is 1. The number of methoxy groups -OCH3 is 2. The summed E-state index contributed by atoms with van der Waals surface area (Å²) in [7, 11) is 3.40. The van der Waals surface area contributed by atoms with Crippen LogP contribution in [0.5, 0.6) is 0 Å². The Hall–Kier alpha value is -3.94. The van der Waals surface area contributed by atoms with Crippen LogP contribution in [-0.2, 0) is 35.5 Å². The van der Waals surface area contributed by atoms with Crippen molar-refractivity contribution < 1.29 is 19.4 Å². The number of rotatable bonds is 14. The number of nitrogens with two attached hydrogens (primary N) is 1. The first-order chi connectivity index (χ1) is 21.5. The number of hydrogen-bond acceptors (Lipinski definition) is 11. The largest absolute Gasteiger partial charge is 0.392 e. The summed E-state index contributed by atoms with van der Waals surface area (Å²) < 4.78 is 10.5. The summed E-state index contributed by atoms with van der Waals surface area (Å²) in [5.74, 6) is 0.390. The van der Waals surface area contributed by atoms with Crippen LogP contribution in [0, 0.1) is 0 Å². The molecule has 1 aliphatic rings. The second-order valence-electron chi connectivity index (χ2n) is 10.6. The highest BCUT2D eigenvalue weighted by molar-refractivity contribution is 7.14. The second kappa shape index (κ2) is 15.2. The van der Waals surface area contributed by atoms with E-state index in [1.807, 2.05) is 30.3 Å². The fourth-order valence-corrected chi connectivity index (χ4v) is 6.38. The van der Waals surface area contributed by atoms with Gasteiger partial charge in [0, 0.05) is 61.2 Å². The van der Waals surface area contributed by atoms with Gasteiger partial charge in [-0.15, -0.1) is 11.3 Å². The van der Waals surface area contributed by atoms with Crippen LogP contribution < -0.4 is 16.4 Å². The van der Waals surface area contributed by atoms with Crippen molar-refractivity contribution in [1.82, 2.24) is 19.9 Å². The number of aromatic nitrogens is 3. The smallest absolute Gasteiger partial charge is 0.265 e. The number of nitrogens with zero attached hydrogens (tertiary/aromatic N) is 4. The average Bonchev–Trinajstić information content (AvgIpc) is 3.48. The highest BCUT2D eigenvalue weighted by Gasteiger charge is 2.20. The van der Waals surface area contributed by atoms with Gasteiger partial charge in [0.1, 0.15) is 0 Å². The zero-order valence-corrected chi connectivity index (χ0v) is 26.0. The topological polar surface area (TPSA) is 148 Å². The first-order valence-electron chi connectivity index (χ1n) is 14.7. The minimum absolute atomic E-state index is 0.0311. The Kier molecular flexibility index (Phi) is 10.9. The Labute approximate surface area is 261 Å². The van der Waals surface area contributed by atoms with Gasteiger partial charge in [-0.25, -0.2) is 0 Å². The van der Waals surface area contributed by atoms with E-state index in [1.54, 1.807) is 43.8 Å². The maximum atomic E-state index is 13.2. The van der Waals surface area contributed by atoms with Gasteiger partial charge in [-0.2, -0.15) is 15.0 Å². The van der Waals surface area contributed by atoms with E-state index < -0.39 is 0 Å². The second-order valence-corrected chi connectivity index (χ2v) is 11.8. The molecular weight excluding hydrogens is 578 g/mol. The van der Waals surface area contributed by atoms with Crippen molar-refractivity contribution >= 4 is 40.5 Å². The van der Waals surface area contributed by atoms with E-state index in [1.165, 1.54) is 10.4 Å². The summed E-state index contributed by atoms with van der Waals surface area (Å²) in [5.41, 5.74) is 10.8. The molecule has 5 rings (SSSR count). The molecule has 1 aliphatic carbocycles. The molecule has 44 heavy (non-hydrogen) atoms. The minimum atomic E-state index is -0.325. The van der Waals surface area contributed by atoms with Crippen molar-refractivity contribution in [3.05, 3.63) is 75.0 Å². The highest BCUT2D eigenvalue weighted by Crippen LogP contribution is 2.32. The lowest BCUT2D eigenvalue weighted by Gasteiger charge is -2.21. The lowest BCUT2D eigenvalue weighted by Crippen LogP contribution is -2.30. The van der Waals surface area contributed by atoms with E-state index >= 15 is 0 Å². The van der Waals surface area contributed by atoms with Gasteiger partial charge in [0.2, 0.25) is 11.9 Å². The molecule has 0 radical (unpaired) electrons. The predicted molar refractivity (Wildman–Crippen MR) is 173 cm³/mol. The number of aliphatic hydroxyl groups is 1. The van der Waals surface area contributed by atoms with Gasteiger partial charge in [0.25, 0.3) is 5.91 Å². The molecule has 2 heterocycles. The number of nitrogens with one attached hydrogen (secondary N) is 2.